The van der Waals surface area contributed by atoms with E-state index in [0.717, 1.165) is 5.56 Å². The lowest BCUT2D eigenvalue weighted by molar-refractivity contribution is 0.108. The molecule has 0 heterocycles. The van der Waals surface area contributed by atoms with Gasteiger partial charge in [0.15, 0.2) is 0 Å². The molecule has 2 nitrogen and oxygen atoms in total. The van der Waals surface area contributed by atoms with Gasteiger partial charge in [-0.05, 0) is 29.3 Å². The maximum Gasteiger partial charge on any atom is 0.252 e. The lowest BCUT2D eigenvalue weighted by Crippen LogP contribution is -1.89. The minimum Gasteiger partial charge on any atom is -0.276 e. The summed E-state index contributed by atoms with van der Waals surface area (Å²) in [5.74, 6) is 0. The third kappa shape index (κ3) is 2.08. The summed E-state index contributed by atoms with van der Waals surface area (Å²) in [5, 5.41) is 7.88. The number of carbonyl (C=O) groups excluding carboxylic acids is 1. The van der Waals surface area contributed by atoms with Crippen molar-refractivity contribution in [2.45, 2.75) is 6.42 Å². The highest BCUT2D eigenvalue weighted by Gasteiger charge is 1.99. The molecule has 0 spiro atoms. The van der Waals surface area contributed by atoms with Gasteiger partial charge in [-0.1, -0.05) is 12.1 Å². The van der Waals surface area contributed by atoms with E-state index in [-0.39, 0.29) is 0 Å². The van der Waals surface area contributed by atoms with Crippen LogP contribution in [0.2, 0.25) is 0 Å². The normalized spacial score (nSPS) is 9.00. The molecule has 0 amide bonds. The van der Waals surface area contributed by atoms with E-state index >= 15 is 0 Å². The molecule has 0 aliphatic rings. The molecule has 60 valence electrons. The van der Waals surface area contributed by atoms with E-state index in [2.05, 4.69) is 0 Å². The number of rotatable bonds is 2. The van der Waals surface area contributed by atoms with Crippen LogP contribution in [0.5, 0.6) is 0 Å². The van der Waals surface area contributed by atoms with E-state index in [1.54, 1.807) is 24.3 Å². The molecule has 0 saturated heterocycles. The topological polar surface area (TPSA) is 40.9 Å². The Morgan fingerprint density at radius 3 is 2.42 bits per heavy atom. The van der Waals surface area contributed by atoms with E-state index < -0.39 is 5.24 Å². The van der Waals surface area contributed by atoms with Gasteiger partial charge in [-0.15, -0.1) is 0 Å². The second kappa shape index (κ2) is 3.89. The first kappa shape index (κ1) is 8.76. The van der Waals surface area contributed by atoms with Crippen molar-refractivity contribution in [2.75, 3.05) is 0 Å². The molecule has 1 rings (SSSR count). The number of nitriles is 1. The summed E-state index contributed by atoms with van der Waals surface area (Å²) in [6.07, 6.45) is 0.358. The fourth-order valence-electron chi connectivity index (χ4n) is 0.845. The van der Waals surface area contributed by atoms with Crippen molar-refractivity contribution in [3.63, 3.8) is 0 Å². The molecule has 0 aliphatic heterocycles. The first-order valence-corrected chi connectivity index (χ1v) is 3.77. The molecule has 1 aromatic carbocycles. The SMILES string of the molecule is N#CCc1ccc(C(=O)Cl)cc1. The molecule has 12 heavy (non-hydrogen) atoms. The van der Waals surface area contributed by atoms with Crippen LogP contribution in [0, 0.1) is 11.3 Å². The molecule has 0 saturated carbocycles. The highest BCUT2D eigenvalue weighted by molar-refractivity contribution is 6.67. The maximum absolute atomic E-state index is 10.6. The summed E-state index contributed by atoms with van der Waals surface area (Å²) in [7, 11) is 0. The first-order chi connectivity index (χ1) is 5.74. The van der Waals surface area contributed by atoms with Crippen molar-refractivity contribution < 1.29 is 4.79 Å². The van der Waals surface area contributed by atoms with E-state index in [9.17, 15) is 4.79 Å². The highest BCUT2D eigenvalue weighted by Crippen LogP contribution is 2.06. The smallest absolute Gasteiger partial charge is 0.252 e. The Kier molecular flexibility index (Phi) is 2.84. The maximum atomic E-state index is 10.6. The van der Waals surface area contributed by atoms with Crippen LogP contribution >= 0.6 is 11.6 Å². The van der Waals surface area contributed by atoms with Crippen LogP contribution in [0.15, 0.2) is 24.3 Å². The zero-order valence-electron chi connectivity index (χ0n) is 6.25. The van der Waals surface area contributed by atoms with Gasteiger partial charge >= 0.3 is 0 Å². The number of hydrogen-bond donors (Lipinski definition) is 0. The van der Waals surface area contributed by atoms with Gasteiger partial charge in [0.2, 0.25) is 0 Å². The Morgan fingerprint density at radius 1 is 1.42 bits per heavy atom. The molecule has 0 unspecified atom stereocenters. The molecule has 0 fully saturated rings. The van der Waals surface area contributed by atoms with Gasteiger partial charge in [0.25, 0.3) is 5.24 Å². The standard InChI is InChI=1S/C9H6ClNO/c10-9(12)8-3-1-7(2-4-8)5-6-11/h1-4H,5H2. The van der Waals surface area contributed by atoms with Gasteiger partial charge in [0.1, 0.15) is 0 Å². The summed E-state index contributed by atoms with van der Waals surface area (Å²) in [6, 6.07) is 8.68. The lowest BCUT2D eigenvalue weighted by atomic mass is 10.1. The van der Waals surface area contributed by atoms with Crippen LogP contribution in [0.25, 0.3) is 0 Å². The molecule has 0 aliphatic carbocycles. The van der Waals surface area contributed by atoms with Gasteiger partial charge in [0, 0.05) is 5.56 Å². The molecule has 3 heteroatoms. The molecule has 0 N–H and O–H groups in total. The first-order valence-electron chi connectivity index (χ1n) is 3.40. The van der Waals surface area contributed by atoms with Crippen molar-refractivity contribution >= 4 is 16.8 Å². The van der Waals surface area contributed by atoms with Crippen LogP contribution in [-0.2, 0) is 6.42 Å². The van der Waals surface area contributed by atoms with Crippen LogP contribution in [0.4, 0.5) is 0 Å². The Labute approximate surface area is 75.4 Å². The van der Waals surface area contributed by atoms with Gasteiger partial charge < -0.3 is 0 Å². The predicted molar refractivity (Wildman–Crippen MR) is 45.9 cm³/mol. The second-order valence-electron chi connectivity index (χ2n) is 2.31. The number of nitrogens with zero attached hydrogens (tertiary/aromatic N) is 1. The van der Waals surface area contributed by atoms with Gasteiger partial charge in [-0.25, -0.2) is 0 Å². The van der Waals surface area contributed by atoms with Crippen LogP contribution in [-0.4, -0.2) is 5.24 Å². The molecule has 0 aromatic heterocycles. The number of halogens is 1. The summed E-state index contributed by atoms with van der Waals surface area (Å²) < 4.78 is 0. The minimum atomic E-state index is -0.474. The minimum absolute atomic E-state index is 0.358. The van der Waals surface area contributed by atoms with Crippen molar-refractivity contribution in [1.82, 2.24) is 0 Å². The number of carbonyl (C=O) groups is 1. The average molecular weight is 180 g/mol. The molecule has 0 atom stereocenters. The summed E-state index contributed by atoms with van der Waals surface area (Å²) >= 11 is 5.23. The molecular weight excluding hydrogens is 174 g/mol. The van der Waals surface area contributed by atoms with E-state index in [4.69, 9.17) is 16.9 Å². The van der Waals surface area contributed by atoms with E-state index in [1.807, 2.05) is 6.07 Å². The Bertz CT molecular complexity index is 323. The zero-order chi connectivity index (χ0) is 8.97. The fraction of sp³-hybridized carbons (Fsp3) is 0.111. The second-order valence-corrected chi connectivity index (χ2v) is 2.65. The van der Waals surface area contributed by atoms with E-state index in [1.165, 1.54) is 0 Å². The van der Waals surface area contributed by atoms with Crippen molar-refractivity contribution in [3.05, 3.63) is 35.4 Å². The molecule has 1 aromatic rings. The predicted octanol–water partition coefficient (Wildman–Crippen LogP) is 2.13. The van der Waals surface area contributed by atoms with Gasteiger partial charge in [0.05, 0.1) is 12.5 Å². The van der Waals surface area contributed by atoms with E-state index in [0.29, 0.717) is 12.0 Å². The summed E-state index contributed by atoms with van der Waals surface area (Å²) in [6.45, 7) is 0. The quantitative estimate of drug-likeness (QED) is 0.653. The summed E-state index contributed by atoms with van der Waals surface area (Å²) in [4.78, 5) is 10.6. The average Bonchev–Trinajstić information content (AvgIpc) is 2.06. The molecule has 0 bridgehead atoms. The van der Waals surface area contributed by atoms with Crippen molar-refractivity contribution in [1.29, 1.82) is 5.26 Å². The Morgan fingerprint density at radius 2 is 2.00 bits per heavy atom. The third-order valence-corrected chi connectivity index (χ3v) is 1.68. The fourth-order valence-corrected chi connectivity index (χ4v) is 0.971. The highest BCUT2D eigenvalue weighted by atomic mass is 35.5. The lowest BCUT2D eigenvalue weighted by Gasteiger charge is -1.94. The Balaban J connectivity index is 2.87. The van der Waals surface area contributed by atoms with Crippen LogP contribution in [0.1, 0.15) is 15.9 Å². The van der Waals surface area contributed by atoms with Gasteiger partial charge in [-0.3, -0.25) is 4.79 Å². The largest absolute Gasteiger partial charge is 0.276 e. The third-order valence-electron chi connectivity index (χ3n) is 1.46. The Hall–Kier alpha value is -1.33. The molecule has 0 radical (unpaired) electrons. The summed E-state index contributed by atoms with van der Waals surface area (Å²) in [5.41, 5.74) is 1.34. The van der Waals surface area contributed by atoms with Crippen LogP contribution < -0.4 is 0 Å². The van der Waals surface area contributed by atoms with Crippen molar-refractivity contribution in [3.8, 4) is 6.07 Å². The van der Waals surface area contributed by atoms with Crippen molar-refractivity contribution in [2.24, 2.45) is 0 Å². The number of benzene rings is 1. The van der Waals surface area contributed by atoms with Gasteiger partial charge in [-0.2, -0.15) is 5.26 Å². The monoisotopic (exact) mass is 179 g/mol. The number of hydrogen-bond acceptors (Lipinski definition) is 2. The zero-order valence-corrected chi connectivity index (χ0v) is 7.01. The van der Waals surface area contributed by atoms with Crippen LogP contribution in [0.3, 0.4) is 0 Å². The molecular formula is C9H6ClNO.